The summed E-state index contributed by atoms with van der Waals surface area (Å²) in [6.45, 7) is 9.67. The van der Waals surface area contributed by atoms with E-state index in [1.807, 2.05) is 26.0 Å². The molecule has 0 heterocycles. The predicted octanol–water partition coefficient (Wildman–Crippen LogP) is 3.19. The topological polar surface area (TPSA) is 20.3 Å². The number of aryl methyl sites for hydroxylation is 2. The van der Waals surface area contributed by atoms with Crippen molar-refractivity contribution in [3.05, 3.63) is 41.0 Å². The van der Waals surface area contributed by atoms with E-state index >= 15 is 0 Å². The SMILES string of the molecule is CCN(CC)C(=O)/C=C/c1ccc(C)c(C)c1. The predicted molar refractivity (Wildman–Crippen MR) is 72.9 cm³/mol. The second-order valence-electron chi connectivity index (χ2n) is 4.19. The molecule has 0 fully saturated rings. The minimum absolute atomic E-state index is 0.0771. The van der Waals surface area contributed by atoms with Gasteiger partial charge in [0.1, 0.15) is 0 Å². The first-order valence-corrected chi connectivity index (χ1v) is 6.12. The molecule has 17 heavy (non-hydrogen) atoms. The van der Waals surface area contributed by atoms with Crippen molar-refractivity contribution in [1.29, 1.82) is 0 Å². The first-order valence-electron chi connectivity index (χ1n) is 6.12. The Morgan fingerprint density at radius 2 is 1.82 bits per heavy atom. The molecule has 2 heteroatoms. The molecular formula is C15H21NO. The zero-order valence-corrected chi connectivity index (χ0v) is 11.2. The van der Waals surface area contributed by atoms with Crippen LogP contribution in [0.25, 0.3) is 6.08 Å². The lowest BCUT2D eigenvalue weighted by Crippen LogP contribution is -2.28. The van der Waals surface area contributed by atoms with Gasteiger partial charge in [0, 0.05) is 19.2 Å². The number of likely N-dealkylation sites (N-methyl/N-ethyl adjacent to an activating group) is 1. The van der Waals surface area contributed by atoms with Crippen molar-refractivity contribution < 1.29 is 4.79 Å². The van der Waals surface area contributed by atoms with Gasteiger partial charge >= 0.3 is 0 Å². The quantitative estimate of drug-likeness (QED) is 0.729. The van der Waals surface area contributed by atoms with Gasteiger partial charge in [-0.15, -0.1) is 0 Å². The molecule has 0 aliphatic carbocycles. The maximum Gasteiger partial charge on any atom is 0.246 e. The van der Waals surface area contributed by atoms with Crippen LogP contribution in [0.3, 0.4) is 0 Å². The van der Waals surface area contributed by atoms with Crippen LogP contribution in [0.2, 0.25) is 0 Å². The summed E-state index contributed by atoms with van der Waals surface area (Å²) in [6.07, 6.45) is 3.53. The summed E-state index contributed by atoms with van der Waals surface area (Å²) >= 11 is 0. The summed E-state index contributed by atoms with van der Waals surface area (Å²) in [5, 5.41) is 0. The Labute approximate surface area is 104 Å². The van der Waals surface area contributed by atoms with Gasteiger partial charge in [-0.2, -0.15) is 0 Å². The number of rotatable bonds is 4. The molecule has 0 N–H and O–H groups in total. The van der Waals surface area contributed by atoms with Crippen LogP contribution in [0.5, 0.6) is 0 Å². The highest BCUT2D eigenvalue weighted by molar-refractivity contribution is 5.91. The zero-order chi connectivity index (χ0) is 12.8. The molecule has 1 amide bonds. The van der Waals surface area contributed by atoms with E-state index in [-0.39, 0.29) is 5.91 Å². The van der Waals surface area contributed by atoms with Gasteiger partial charge in [0.2, 0.25) is 5.91 Å². The summed E-state index contributed by atoms with van der Waals surface area (Å²) in [4.78, 5) is 13.6. The van der Waals surface area contributed by atoms with Crippen molar-refractivity contribution in [1.82, 2.24) is 4.90 Å². The van der Waals surface area contributed by atoms with Crippen molar-refractivity contribution in [3.8, 4) is 0 Å². The second kappa shape index (κ2) is 6.24. The molecule has 0 bridgehead atoms. The molecular weight excluding hydrogens is 210 g/mol. The van der Waals surface area contributed by atoms with Gasteiger partial charge in [0.15, 0.2) is 0 Å². The van der Waals surface area contributed by atoms with Crippen LogP contribution in [-0.4, -0.2) is 23.9 Å². The number of hydrogen-bond donors (Lipinski definition) is 0. The van der Waals surface area contributed by atoms with Gasteiger partial charge in [0.05, 0.1) is 0 Å². The van der Waals surface area contributed by atoms with Crippen molar-refractivity contribution in [3.63, 3.8) is 0 Å². The first-order chi connectivity index (χ1) is 8.08. The van der Waals surface area contributed by atoms with Crippen LogP contribution < -0.4 is 0 Å². The van der Waals surface area contributed by atoms with Crippen LogP contribution >= 0.6 is 0 Å². The fraction of sp³-hybridized carbons (Fsp3) is 0.400. The number of amides is 1. The van der Waals surface area contributed by atoms with E-state index in [9.17, 15) is 4.79 Å². The molecule has 0 atom stereocenters. The number of benzene rings is 1. The number of nitrogens with zero attached hydrogens (tertiary/aromatic N) is 1. The Balaban J connectivity index is 2.76. The minimum atomic E-state index is 0.0771. The van der Waals surface area contributed by atoms with E-state index in [2.05, 4.69) is 26.0 Å². The Morgan fingerprint density at radius 1 is 1.18 bits per heavy atom. The zero-order valence-electron chi connectivity index (χ0n) is 11.2. The summed E-state index contributed by atoms with van der Waals surface area (Å²) in [5.41, 5.74) is 3.60. The van der Waals surface area contributed by atoms with Crippen molar-refractivity contribution >= 4 is 12.0 Å². The van der Waals surface area contributed by atoms with Gasteiger partial charge in [-0.05, 0) is 50.5 Å². The lowest BCUT2D eigenvalue weighted by Gasteiger charge is -2.15. The van der Waals surface area contributed by atoms with Gasteiger partial charge < -0.3 is 4.90 Å². The maximum atomic E-state index is 11.8. The lowest BCUT2D eigenvalue weighted by atomic mass is 10.1. The van der Waals surface area contributed by atoms with E-state index in [0.29, 0.717) is 0 Å². The van der Waals surface area contributed by atoms with Crippen LogP contribution in [0, 0.1) is 13.8 Å². The first kappa shape index (κ1) is 13.5. The molecule has 0 aromatic heterocycles. The molecule has 1 aromatic carbocycles. The highest BCUT2D eigenvalue weighted by Crippen LogP contribution is 2.11. The Hall–Kier alpha value is -1.57. The van der Waals surface area contributed by atoms with Crippen molar-refractivity contribution in [2.75, 3.05) is 13.1 Å². The Morgan fingerprint density at radius 3 is 2.35 bits per heavy atom. The number of carbonyl (C=O) groups excluding carboxylic acids is 1. The van der Waals surface area contributed by atoms with E-state index in [0.717, 1.165) is 18.7 Å². The molecule has 1 rings (SSSR count). The molecule has 0 radical (unpaired) electrons. The lowest BCUT2D eigenvalue weighted by molar-refractivity contribution is -0.125. The van der Waals surface area contributed by atoms with Crippen LogP contribution in [0.1, 0.15) is 30.5 Å². The highest BCUT2D eigenvalue weighted by atomic mass is 16.2. The normalized spacial score (nSPS) is 10.8. The second-order valence-corrected chi connectivity index (χ2v) is 4.19. The molecule has 0 aliphatic heterocycles. The van der Waals surface area contributed by atoms with Crippen LogP contribution in [0.15, 0.2) is 24.3 Å². The van der Waals surface area contributed by atoms with E-state index in [1.54, 1.807) is 11.0 Å². The third-order valence-corrected chi connectivity index (χ3v) is 3.02. The third kappa shape index (κ3) is 3.74. The Kier molecular flexibility index (Phi) is 4.95. The monoisotopic (exact) mass is 231 g/mol. The van der Waals surface area contributed by atoms with Gasteiger partial charge in [-0.3, -0.25) is 4.79 Å². The molecule has 92 valence electrons. The standard InChI is InChI=1S/C15H21NO/c1-5-16(6-2)15(17)10-9-14-8-7-12(3)13(4)11-14/h7-11H,5-6H2,1-4H3/b10-9+. The maximum absolute atomic E-state index is 11.8. The molecule has 0 saturated heterocycles. The summed E-state index contributed by atoms with van der Waals surface area (Å²) in [5.74, 6) is 0.0771. The smallest absolute Gasteiger partial charge is 0.246 e. The number of hydrogen-bond acceptors (Lipinski definition) is 1. The van der Waals surface area contributed by atoms with E-state index in [1.165, 1.54) is 11.1 Å². The highest BCUT2D eigenvalue weighted by Gasteiger charge is 2.04. The molecule has 1 aromatic rings. The minimum Gasteiger partial charge on any atom is -0.340 e. The fourth-order valence-electron chi connectivity index (χ4n) is 1.68. The fourth-order valence-corrected chi connectivity index (χ4v) is 1.68. The summed E-state index contributed by atoms with van der Waals surface area (Å²) in [7, 11) is 0. The van der Waals surface area contributed by atoms with Gasteiger partial charge in [0.25, 0.3) is 0 Å². The van der Waals surface area contributed by atoms with E-state index in [4.69, 9.17) is 0 Å². The van der Waals surface area contributed by atoms with Crippen molar-refractivity contribution in [2.45, 2.75) is 27.7 Å². The largest absolute Gasteiger partial charge is 0.340 e. The van der Waals surface area contributed by atoms with Crippen LogP contribution in [-0.2, 0) is 4.79 Å². The van der Waals surface area contributed by atoms with Gasteiger partial charge in [-0.1, -0.05) is 18.2 Å². The molecule has 0 saturated carbocycles. The molecule has 0 unspecified atom stereocenters. The summed E-state index contributed by atoms with van der Waals surface area (Å²) < 4.78 is 0. The average molecular weight is 231 g/mol. The molecule has 0 aliphatic rings. The van der Waals surface area contributed by atoms with Crippen molar-refractivity contribution in [2.24, 2.45) is 0 Å². The third-order valence-electron chi connectivity index (χ3n) is 3.02. The van der Waals surface area contributed by atoms with Gasteiger partial charge in [-0.25, -0.2) is 0 Å². The molecule has 0 spiro atoms. The number of carbonyl (C=O) groups is 1. The van der Waals surface area contributed by atoms with E-state index < -0.39 is 0 Å². The molecule has 2 nitrogen and oxygen atoms in total. The Bertz CT molecular complexity index is 417. The average Bonchev–Trinajstić information content (AvgIpc) is 2.32. The van der Waals surface area contributed by atoms with Crippen LogP contribution in [0.4, 0.5) is 0 Å². The summed E-state index contributed by atoms with van der Waals surface area (Å²) in [6, 6.07) is 6.21.